The average Bonchev–Trinajstić information content (AvgIpc) is 2.81. The Bertz CT molecular complexity index is 1110. The van der Waals surface area contributed by atoms with Gasteiger partial charge in [0.25, 0.3) is 0 Å². The van der Waals surface area contributed by atoms with Gasteiger partial charge in [-0.05, 0) is 57.6 Å². The number of fused-ring (bicyclic) bond motifs is 7. The topological polar surface area (TPSA) is 32.7 Å². The molecule has 0 saturated carbocycles. The summed E-state index contributed by atoms with van der Waals surface area (Å²) in [5.74, 6) is 0. The van der Waals surface area contributed by atoms with Crippen molar-refractivity contribution in [1.29, 1.82) is 0 Å². The molecule has 3 nitrogen and oxygen atoms in total. The summed E-state index contributed by atoms with van der Waals surface area (Å²) in [4.78, 5) is 11.8. The first-order valence-electron chi connectivity index (χ1n) is 9.36. The van der Waals surface area contributed by atoms with Crippen LogP contribution in [0.4, 0.5) is 0 Å². The smallest absolute Gasteiger partial charge is 0.0737 e. The van der Waals surface area contributed by atoms with Crippen molar-refractivity contribution in [3.05, 3.63) is 88.8 Å². The lowest BCUT2D eigenvalue weighted by Crippen LogP contribution is -2.23. The fourth-order valence-corrected chi connectivity index (χ4v) is 4.59. The summed E-state index contributed by atoms with van der Waals surface area (Å²) < 4.78 is 0. The predicted octanol–water partition coefficient (Wildman–Crippen LogP) is 6.78. The summed E-state index contributed by atoms with van der Waals surface area (Å²) in [6.45, 7) is 4.14. The first kappa shape index (κ1) is 16.0. The Hall–Kier alpha value is -3.20. The van der Waals surface area contributed by atoms with Gasteiger partial charge in [0.15, 0.2) is 0 Å². The van der Waals surface area contributed by atoms with Gasteiger partial charge in [0, 0.05) is 0 Å². The van der Waals surface area contributed by atoms with Gasteiger partial charge in [-0.3, -0.25) is 0 Å². The van der Waals surface area contributed by atoms with E-state index in [4.69, 9.17) is 0 Å². The van der Waals surface area contributed by atoms with Crippen molar-refractivity contribution < 1.29 is 0 Å². The Morgan fingerprint density at radius 2 is 1.11 bits per heavy atom. The molecule has 0 spiro atoms. The maximum Gasteiger partial charge on any atom is 0.0737 e. The zero-order valence-corrected chi connectivity index (χ0v) is 15.4. The first-order valence-corrected chi connectivity index (χ1v) is 9.36. The van der Waals surface area contributed by atoms with Crippen molar-refractivity contribution in [2.75, 3.05) is 0 Å². The van der Waals surface area contributed by atoms with Gasteiger partial charge in [-0.15, -0.1) is 4.91 Å². The van der Waals surface area contributed by atoms with E-state index in [1.54, 1.807) is 5.01 Å². The van der Waals surface area contributed by atoms with Crippen molar-refractivity contribution in [3.8, 4) is 11.1 Å². The minimum absolute atomic E-state index is 0.0942. The molecule has 0 aliphatic carbocycles. The number of rotatable bonds is 1. The summed E-state index contributed by atoms with van der Waals surface area (Å²) in [5, 5.41) is 9.96. The van der Waals surface area contributed by atoms with Gasteiger partial charge in [-0.1, -0.05) is 72.8 Å². The van der Waals surface area contributed by atoms with Crippen LogP contribution in [0, 0.1) is 4.91 Å². The molecule has 0 saturated heterocycles. The highest BCUT2D eigenvalue weighted by molar-refractivity contribution is 6.08. The Labute approximate surface area is 158 Å². The van der Waals surface area contributed by atoms with Crippen LogP contribution in [0.5, 0.6) is 0 Å². The van der Waals surface area contributed by atoms with Crippen LogP contribution in [0.1, 0.15) is 37.1 Å². The van der Waals surface area contributed by atoms with Gasteiger partial charge in [-0.25, -0.2) is 5.01 Å². The highest BCUT2D eigenvalue weighted by Gasteiger charge is 2.32. The SMILES string of the molecule is C[C@H]1c2ccc3ccccc3c2-c2c(ccc3ccccc23)[C@H](C)N1N=O. The van der Waals surface area contributed by atoms with Gasteiger partial charge >= 0.3 is 0 Å². The average molecular weight is 352 g/mol. The molecular weight excluding hydrogens is 332 g/mol. The van der Waals surface area contributed by atoms with Crippen LogP contribution in [0.25, 0.3) is 32.7 Å². The molecule has 0 amide bonds. The maximum atomic E-state index is 11.8. The van der Waals surface area contributed by atoms with Crippen LogP contribution in [0.3, 0.4) is 0 Å². The van der Waals surface area contributed by atoms with Gasteiger partial charge < -0.3 is 0 Å². The third-order valence-corrected chi connectivity index (χ3v) is 5.96. The van der Waals surface area contributed by atoms with Crippen LogP contribution >= 0.6 is 0 Å². The Morgan fingerprint density at radius 3 is 1.56 bits per heavy atom. The number of benzene rings is 4. The molecular formula is C24H20N2O. The van der Waals surface area contributed by atoms with Crippen LogP contribution in [-0.4, -0.2) is 5.01 Å². The lowest BCUT2D eigenvalue weighted by molar-refractivity contribution is 0.161. The second kappa shape index (κ2) is 5.92. The van der Waals surface area contributed by atoms with E-state index in [0.29, 0.717) is 0 Å². The molecule has 0 radical (unpaired) electrons. The zero-order chi connectivity index (χ0) is 18.5. The molecule has 0 bridgehead atoms. The summed E-state index contributed by atoms with van der Waals surface area (Å²) >= 11 is 0. The Balaban J connectivity index is 2.03. The van der Waals surface area contributed by atoms with Crippen molar-refractivity contribution in [2.45, 2.75) is 25.9 Å². The number of hydrogen-bond donors (Lipinski definition) is 0. The third-order valence-electron chi connectivity index (χ3n) is 5.96. The number of hydrogen-bond acceptors (Lipinski definition) is 2. The molecule has 0 fully saturated rings. The minimum atomic E-state index is -0.0942. The molecule has 1 aliphatic heterocycles. The first-order chi connectivity index (χ1) is 13.2. The summed E-state index contributed by atoms with van der Waals surface area (Å²) in [5.41, 5.74) is 4.75. The molecule has 132 valence electrons. The number of nitroso groups, excluding NO2 is 1. The third kappa shape index (κ3) is 2.21. The highest BCUT2D eigenvalue weighted by Crippen LogP contribution is 2.48. The van der Waals surface area contributed by atoms with E-state index in [-0.39, 0.29) is 12.1 Å². The summed E-state index contributed by atoms with van der Waals surface area (Å²) in [6.07, 6.45) is 0. The fourth-order valence-electron chi connectivity index (χ4n) is 4.59. The zero-order valence-electron chi connectivity index (χ0n) is 15.4. The molecule has 1 heterocycles. The largest absolute Gasteiger partial charge is 0.246 e. The van der Waals surface area contributed by atoms with Crippen LogP contribution in [-0.2, 0) is 0 Å². The molecule has 0 N–H and O–H groups in total. The quantitative estimate of drug-likeness (QED) is 0.354. The van der Waals surface area contributed by atoms with E-state index in [9.17, 15) is 4.91 Å². The highest BCUT2D eigenvalue weighted by atomic mass is 16.3. The predicted molar refractivity (Wildman–Crippen MR) is 111 cm³/mol. The van der Waals surface area contributed by atoms with E-state index in [2.05, 4.69) is 91.9 Å². The lowest BCUT2D eigenvalue weighted by atomic mass is 9.86. The molecule has 0 unspecified atom stereocenters. The number of nitrogens with zero attached hydrogens (tertiary/aromatic N) is 2. The van der Waals surface area contributed by atoms with E-state index < -0.39 is 0 Å². The second-order valence-corrected chi connectivity index (χ2v) is 7.32. The molecule has 5 rings (SSSR count). The molecule has 4 aromatic carbocycles. The van der Waals surface area contributed by atoms with E-state index >= 15 is 0 Å². The summed E-state index contributed by atoms with van der Waals surface area (Å²) in [7, 11) is 0. The fraction of sp³-hybridized carbons (Fsp3) is 0.167. The van der Waals surface area contributed by atoms with Crippen LogP contribution in [0.2, 0.25) is 0 Å². The van der Waals surface area contributed by atoms with Gasteiger partial charge in [0.05, 0.1) is 17.4 Å². The second-order valence-electron chi connectivity index (χ2n) is 7.32. The molecule has 4 aromatic rings. The van der Waals surface area contributed by atoms with Crippen molar-refractivity contribution in [2.24, 2.45) is 5.29 Å². The lowest BCUT2D eigenvalue weighted by Gasteiger charge is -2.27. The van der Waals surface area contributed by atoms with E-state index in [1.165, 1.54) is 32.7 Å². The van der Waals surface area contributed by atoms with Gasteiger partial charge in [0.2, 0.25) is 0 Å². The van der Waals surface area contributed by atoms with E-state index in [0.717, 1.165) is 11.1 Å². The van der Waals surface area contributed by atoms with Crippen molar-refractivity contribution in [3.63, 3.8) is 0 Å². The van der Waals surface area contributed by atoms with E-state index in [1.807, 2.05) is 0 Å². The van der Waals surface area contributed by atoms with Gasteiger partial charge in [0.1, 0.15) is 0 Å². The maximum absolute atomic E-state index is 11.8. The summed E-state index contributed by atoms with van der Waals surface area (Å²) in [6, 6.07) is 25.4. The Kier molecular flexibility index (Phi) is 3.51. The molecule has 2 atom stereocenters. The Morgan fingerprint density at radius 1 is 0.667 bits per heavy atom. The molecule has 1 aliphatic rings. The van der Waals surface area contributed by atoms with Gasteiger partial charge in [-0.2, -0.15) is 0 Å². The molecule has 3 heteroatoms. The van der Waals surface area contributed by atoms with Crippen LogP contribution in [0.15, 0.2) is 78.1 Å². The monoisotopic (exact) mass is 352 g/mol. The van der Waals surface area contributed by atoms with Crippen molar-refractivity contribution >= 4 is 21.5 Å². The minimum Gasteiger partial charge on any atom is -0.246 e. The van der Waals surface area contributed by atoms with Crippen LogP contribution < -0.4 is 0 Å². The molecule has 27 heavy (non-hydrogen) atoms. The normalized spacial score (nSPS) is 18.8. The standard InChI is InChI=1S/C24H20N2O/c1-15-19-13-11-17-7-3-5-9-21(17)23(19)24-20(16(2)26(15)25-27)14-12-18-8-4-6-10-22(18)24/h3-16H,1-2H3/t15-,16-/m0/s1. The van der Waals surface area contributed by atoms with Crippen molar-refractivity contribution in [1.82, 2.24) is 5.01 Å². The molecule has 0 aromatic heterocycles.